The molecular weight excluding hydrogens is 304 g/mol. The molecule has 0 saturated heterocycles. The van der Waals surface area contributed by atoms with Gasteiger partial charge in [-0.1, -0.05) is 6.07 Å². The van der Waals surface area contributed by atoms with E-state index in [1.807, 2.05) is 0 Å². The summed E-state index contributed by atoms with van der Waals surface area (Å²) in [5.74, 6) is -1.95. The van der Waals surface area contributed by atoms with E-state index in [2.05, 4.69) is 5.32 Å². The summed E-state index contributed by atoms with van der Waals surface area (Å²) in [5.41, 5.74) is 0.681. The quantitative estimate of drug-likeness (QED) is 0.904. The second-order valence-corrected chi connectivity index (χ2v) is 6.35. The molecule has 0 heterocycles. The number of hydrogen-bond donors (Lipinski definition) is 1. The van der Waals surface area contributed by atoms with Crippen LogP contribution in [0.5, 0.6) is 0 Å². The summed E-state index contributed by atoms with van der Waals surface area (Å²) in [6.07, 6.45) is 2.11. The fourth-order valence-electron chi connectivity index (χ4n) is 3.48. The van der Waals surface area contributed by atoms with Crippen LogP contribution in [0.15, 0.2) is 18.2 Å². The van der Waals surface area contributed by atoms with Crippen LogP contribution in [0.4, 0.5) is 8.78 Å². The molecule has 2 fully saturated rings. The smallest absolute Gasteiger partial charge is 0.223 e. The zero-order chi connectivity index (χ0) is 16.6. The van der Waals surface area contributed by atoms with Crippen molar-refractivity contribution in [1.82, 2.24) is 5.32 Å². The van der Waals surface area contributed by atoms with Crippen LogP contribution in [0, 0.1) is 17.6 Å². The molecule has 2 aliphatic rings. The minimum absolute atomic E-state index is 0.00788. The van der Waals surface area contributed by atoms with Crippen LogP contribution in [0.2, 0.25) is 0 Å². The molecule has 4 atom stereocenters. The number of halogens is 2. The van der Waals surface area contributed by atoms with Crippen molar-refractivity contribution < 1.29 is 23.0 Å². The molecule has 2 aliphatic carbocycles. The maximum absolute atomic E-state index is 13.3. The number of nitrogens with one attached hydrogen (secondary N) is 1. The summed E-state index contributed by atoms with van der Waals surface area (Å²) in [6, 6.07) is 3.88. The Bertz CT molecular complexity index is 583. The molecule has 0 aromatic heterocycles. The van der Waals surface area contributed by atoms with Gasteiger partial charge < -0.3 is 14.8 Å². The first-order valence-corrected chi connectivity index (χ1v) is 7.84. The Kier molecular flexibility index (Phi) is 4.64. The molecule has 1 amide bonds. The fourth-order valence-corrected chi connectivity index (χ4v) is 3.48. The maximum Gasteiger partial charge on any atom is 0.223 e. The number of amides is 1. The van der Waals surface area contributed by atoms with Crippen molar-refractivity contribution in [3.8, 4) is 0 Å². The van der Waals surface area contributed by atoms with Crippen LogP contribution in [-0.4, -0.2) is 38.4 Å². The summed E-state index contributed by atoms with van der Waals surface area (Å²) in [5, 5.41) is 3.03. The first-order valence-electron chi connectivity index (χ1n) is 7.84. The van der Waals surface area contributed by atoms with Gasteiger partial charge in [-0.25, -0.2) is 8.78 Å². The largest absolute Gasteiger partial charge is 0.379 e. The van der Waals surface area contributed by atoms with Crippen molar-refractivity contribution in [2.75, 3.05) is 14.2 Å². The van der Waals surface area contributed by atoms with Crippen LogP contribution in [0.1, 0.15) is 30.7 Å². The van der Waals surface area contributed by atoms with Gasteiger partial charge in [-0.05, 0) is 42.9 Å². The predicted octanol–water partition coefficient (Wildman–Crippen LogP) is 2.38. The monoisotopic (exact) mass is 325 g/mol. The standard InChI is InChI=1S/C17H21F2NO3/c1-22-15-6-10(7-16(15)23-2)20-17(21)12-8-11(12)9-3-4-13(18)14(19)5-9/h3-5,10-12,15-16H,6-8H2,1-2H3,(H,20,21)/t11-,12+,15+,16+/m0/s1. The second-order valence-electron chi connectivity index (χ2n) is 6.35. The van der Waals surface area contributed by atoms with E-state index in [0.717, 1.165) is 18.9 Å². The summed E-state index contributed by atoms with van der Waals surface area (Å²) >= 11 is 0. The third-order valence-corrected chi connectivity index (χ3v) is 4.90. The second kappa shape index (κ2) is 6.53. The topological polar surface area (TPSA) is 47.6 Å². The normalized spacial score (nSPS) is 30.4. The van der Waals surface area contributed by atoms with Crippen molar-refractivity contribution in [1.29, 1.82) is 0 Å². The van der Waals surface area contributed by atoms with Crippen molar-refractivity contribution in [3.05, 3.63) is 35.4 Å². The Labute approximate surface area is 134 Å². The number of benzene rings is 1. The summed E-state index contributed by atoms with van der Waals surface area (Å²) in [4.78, 5) is 12.3. The number of hydrogen-bond acceptors (Lipinski definition) is 3. The van der Waals surface area contributed by atoms with E-state index in [-0.39, 0.29) is 36.0 Å². The van der Waals surface area contributed by atoms with E-state index in [1.54, 1.807) is 20.3 Å². The van der Waals surface area contributed by atoms with E-state index >= 15 is 0 Å². The van der Waals surface area contributed by atoms with E-state index in [0.29, 0.717) is 12.0 Å². The van der Waals surface area contributed by atoms with Crippen molar-refractivity contribution in [3.63, 3.8) is 0 Å². The number of carbonyl (C=O) groups is 1. The molecule has 23 heavy (non-hydrogen) atoms. The molecule has 2 saturated carbocycles. The third kappa shape index (κ3) is 3.38. The lowest BCUT2D eigenvalue weighted by atomic mass is 10.1. The molecule has 1 N–H and O–H groups in total. The van der Waals surface area contributed by atoms with Gasteiger partial charge in [0.1, 0.15) is 0 Å². The lowest BCUT2D eigenvalue weighted by molar-refractivity contribution is -0.123. The molecule has 0 aliphatic heterocycles. The Hall–Kier alpha value is -1.53. The highest BCUT2D eigenvalue weighted by Crippen LogP contribution is 2.48. The predicted molar refractivity (Wildman–Crippen MR) is 80.0 cm³/mol. The summed E-state index contributed by atoms with van der Waals surface area (Å²) in [6.45, 7) is 0. The molecule has 0 radical (unpaired) electrons. The zero-order valence-corrected chi connectivity index (χ0v) is 13.2. The van der Waals surface area contributed by atoms with Gasteiger partial charge in [-0.2, -0.15) is 0 Å². The zero-order valence-electron chi connectivity index (χ0n) is 13.2. The molecular formula is C17H21F2NO3. The molecule has 1 aromatic carbocycles. The summed E-state index contributed by atoms with van der Waals surface area (Å²) < 4.78 is 37.0. The van der Waals surface area contributed by atoms with Gasteiger partial charge in [-0.15, -0.1) is 0 Å². The lowest BCUT2D eigenvalue weighted by Crippen LogP contribution is -2.35. The Morgan fingerprint density at radius 3 is 2.30 bits per heavy atom. The van der Waals surface area contributed by atoms with Gasteiger partial charge in [0.25, 0.3) is 0 Å². The SMILES string of the molecule is CO[C@@H]1CC(NC(=O)[C@@H]2C[C@H]2c2ccc(F)c(F)c2)C[C@H]1OC. The number of carbonyl (C=O) groups excluding carboxylic acids is 1. The fraction of sp³-hybridized carbons (Fsp3) is 0.588. The Morgan fingerprint density at radius 1 is 1.09 bits per heavy atom. The van der Waals surface area contributed by atoms with Crippen molar-refractivity contribution >= 4 is 5.91 Å². The van der Waals surface area contributed by atoms with Gasteiger partial charge in [0.05, 0.1) is 12.2 Å². The minimum atomic E-state index is -0.866. The van der Waals surface area contributed by atoms with Crippen LogP contribution < -0.4 is 5.32 Å². The summed E-state index contributed by atoms with van der Waals surface area (Å²) in [7, 11) is 3.28. The Morgan fingerprint density at radius 2 is 1.74 bits per heavy atom. The average molecular weight is 325 g/mol. The molecule has 0 spiro atoms. The molecule has 1 aromatic rings. The van der Waals surface area contributed by atoms with Crippen LogP contribution >= 0.6 is 0 Å². The van der Waals surface area contributed by atoms with Crippen LogP contribution in [0.25, 0.3) is 0 Å². The maximum atomic E-state index is 13.3. The number of ether oxygens (including phenoxy) is 2. The third-order valence-electron chi connectivity index (χ3n) is 4.90. The number of methoxy groups -OCH3 is 2. The average Bonchev–Trinajstić information content (AvgIpc) is 3.24. The van der Waals surface area contributed by atoms with Crippen LogP contribution in [-0.2, 0) is 14.3 Å². The molecule has 4 nitrogen and oxygen atoms in total. The highest BCUT2D eigenvalue weighted by molar-refractivity contribution is 5.83. The van der Waals surface area contributed by atoms with Gasteiger partial charge in [0, 0.05) is 26.2 Å². The van der Waals surface area contributed by atoms with Gasteiger partial charge in [0.15, 0.2) is 11.6 Å². The van der Waals surface area contributed by atoms with Crippen molar-refractivity contribution in [2.24, 2.45) is 5.92 Å². The Balaban J connectivity index is 1.55. The van der Waals surface area contributed by atoms with Gasteiger partial charge >= 0.3 is 0 Å². The first kappa shape index (κ1) is 16.3. The first-order chi connectivity index (χ1) is 11.0. The minimum Gasteiger partial charge on any atom is -0.379 e. The van der Waals surface area contributed by atoms with E-state index < -0.39 is 11.6 Å². The highest BCUT2D eigenvalue weighted by Gasteiger charge is 2.45. The molecule has 0 unspecified atom stereocenters. The van der Waals surface area contributed by atoms with E-state index in [1.165, 1.54) is 6.07 Å². The number of rotatable bonds is 5. The molecule has 126 valence electrons. The van der Waals surface area contributed by atoms with Gasteiger partial charge in [-0.3, -0.25) is 4.79 Å². The van der Waals surface area contributed by atoms with Gasteiger partial charge in [0.2, 0.25) is 5.91 Å². The molecule has 3 rings (SSSR count). The van der Waals surface area contributed by atoms with Crippen molar-refractivity contribution in [2.45, 2.75) is 43.4 Å². The van der Waals surface area contributed by atoms with E-state index in [4.69, 9.17) is 9.47 Å². The molecule has 6 heteroatoms. The van der Waals surface area contributed by atoms with Crippen LogP contribution in [0.3, 0.4) is 0 Å². The molecule has 0 bridgehead atoms. The van der Waals surface area contributed by atoms with E-state index in [9.17, 15) is 13.6 Å². The lowest BCUT2D eigenvalue weighted by Gasteiger charge is -2.14. The highest BCUT2D eigenvalue weighted by atomic mass is 19.2.